The molecule has 0 bridgehead atoms. The van der Waals surface area contributed by atoms with Gasteiger partial charge in [0.05, 0.1) is 21.5 Å². The molecule has 1 unspecified atom stereocenters. The quantitative estimate of drug-likeness (QED) is 0.879. The van der Waals surface area contributed by atoms with Gasteiger partial charge in [0.2, 0.25) is 0 Å². The number of methoxy groups -OCH3 is 1. The summed E-state index contributed by atoms with van der Waals surface area (Å²) in [5.41, 5.74) is 0.529. The van der Waals surface area contributed by atoms with E-state index in [4.69, 9.17) is 39.5 Å². The van der Waals surface area contributed by atoms with Crippen LogP contribution in [-0.2, 0) is 0 Å². The minimum absolute atomic E-state index is 0.397. The first kappa shape index (κ1) is 14.0. The molecule has 18 heavy (non-hydrogen) atoms. The Balaban J connectivity index is 2.42. The lowest BCUT2D eigenvalue weighted by Gasteiger charge is -2.13. The SMILES string of the molecule is COc1cc(Cl)c(C(O)c2ccc(Cl)s2)cc1Cl. The van der Waals surface area contributed by atoms with Crippen LogP contribution in [0.3, 0.4) is 0 Å². The number of halogens is 3. The lowest BCUT2D eigenvalue weighted by molar-refractivity contribution is 0.224. The van der Waals surface area contributed by atoms with Crippen molar-refractivity contribution in [3.8, 4) is 5.75 Å². The second kappa shape index (κ2) is 5.68. The number of aliphatic hydroxyl groups is 1. The van der Waals surface area contributed by atoms with Crippen molar-refractivity contribution < 1.29 is 9.84 Å². The van der Waals surface area contributed by atoms with Gasteiger partial charge in [-0.25, -0.2) is 0 Å². The third-order valence-electron chi connectivity index (χ3n) is 2.43. The van der Waals surface area contributed by atoms with Crippen molar-refractivity contribution >= 4 is 46.1 Å². The average molecular weight is 324 g/mol. The fourth-order valence-corrected chi connectivity index (χ4v) is 3.11. The molecule has 1 atom stereocenters. The molecule has 0 amide bonds. The van der Waals surface area contributed by atoms with Crippen LogP contribution >= 0.6 is 46.1 Å². The van der Waals surface area contributed by atoms with Crippen LogP contribution in [0.5, 0.6) is 5.75 Å². The topological polar surface area (TPSA) is 29.5 Å². The number of hydrogen-bond acceptors (Lipinski definition) is 3. The van der Waals surface area contributed by atoms with Crippen LogP contribution in [0.15, 0.2) is 24.3 Å². The molecule has 2 aromatic rings. The summed E-state index contributed by atoms with van der Waals surface area (Å²) < 4.78 is 5.66. The van der Waals surface area contributed by atoms with E-state index < -0.39 is 6.10 Å². The molecule has 0 aliphatic rings. The summed E-state index contributed by atoms with van der Waals surface area (Å²) in [6.07, 6.45) is -0.849. The van der Waals surface area contributed by atoms with Crippen LogP contribution in [0.2, 0.25) is 14.4 Å². The normalized spacial score (nSPS) is 12.5. The smallest absolute Gasteiger partial charge is 0.138 e. The predicted molar refractivity (Wildman–Crippen MR) is 76.4 cm³/mol. The highest BCUT2D eigenvalue weighted by Crippen LogP contribution is 2.38. The van der Waals surface area contributed by atoms with E-state index in [0.29, 0.717) is 30.6 Å². The van der Waals surface area contributed by atoms with E-state index >= 15 is 0 Å². The van der Waals surface area contributed by atoms with Crippen molar-refractivity contribution in [3.05, 3.63) is 49.1 Å². The summed E-state index contributed by atoms with van der Waals surface area (Å²) in [6.45, 7) is 0. The first-order valence-electron chi connectivity index (χ1n) is 4.99. The van der Waals surface area contributed by atoms with Crippen LogP contribution < -0.4 is 4.74 Å². The minimum atomic E-state index is -0.849. The van der Waals surface area contributed by atoms with E-state index in [0.717, 1.165) is 0 Å². The molecule has 0 radical (unpaired) electrons. The summed E-state index contributed by atoms with van der Waals surface area (Å²) in [6, 6.07) is 6.66. The summed E-state index contributed by atoms with van der Waals surface area (Å²) in [4.78, 5) is 0.711. The van der Waals surface area contributed by atoms with Crippen LogP contribution in [0.4, 0.5) is 0 Å². The number of thiophene rings is 1. The van der Waals surface area contributed by atoms with Crippen molar-refractivity contribution in [1.29, 1.82) is 0 Å². The maximum Gasteiger partial charge on any atom is 0.138 e. The lowest BCUT2D eigenvalue weighted by atomic mass is 10.1. The molecule has 0 fully saturated rings. The van der Waals surface area contributed by atoms with Gasteiger partial charge in [-0.05, 0) is 18.2 Å². The average Bonchev–Trinajstić information content (AvgIpc) is 2.77. The Labute approximate surface area is 124 Å². The number of ether oxygens (including phenoxy) is 1. The van der Waals surface area contributed by atoms with Gasteiger partial charge < -0.3 is 9.84 Å². The van der Waals surface area contributed by atoms with Gasteiger partial charge in [0.15, 0.2) is 0 Å². The molecular formula is C12H9Cl3O2S. The van der Waals surface area contributed by atoms with Crippen molar-refractivity contribution in [2.24, 2.45) is 0 Å². The molecule has 0 spiro atoms. The van der Waals surface area contributed by atoms with Gasteiger partial charge >= 0.3 is 0 Å². The Morgan fingerprint density at radius 3 is 2.44 bits per heavy atom. The summed E-state index contributed by atoms with van der Waals surface area (Å²) in [7, 11) is 1.51. The van der Waals surface area contributed by atoms with Crippen LogP contribution in [0.25, 0.3) is 0 Å². The van der Waals surface area contributed by atoms with Gasteiger partial charge in [-0.1, -0.05) is 34.8 Å². The summed E-state index contributed by atoms with van der Waals surface area (Å²) >= 11 is 19.3. The first-order chi connectivity index (χ1) is 8.52. The van der Waals surface area contributed by atoms with E-state index in [1.54, 1.807) is 24.3 Å². The van der Waals surface area contributed by atoms with Gasteiger partial charge in [0.25, 0.3) is 0 Å². The van der Waals surface area contributed by atoms with E-state index in [9.17, 15) is 5.11 Å². The van der Waals surface area contributed by atoms with Crippen molar-refractivity contribution in [1.82, 2.24) is 0 Å². The molecule has 0 aliphatic carbocycles. The Morgan fingerprint density at radius 2 is 1.89 bits per heavy atom. The molecule has 0 saturated carbocycles. The maximum absolute atomic E-state index is 10.2. The van der Waals surface area contributed by atoms with Crippen LogP contribution in [-0.4, -0.2) is 12.2 Å². The molecule has 96 valence electrons. The number of hydrogen-bond donors (Lipinski definition) is 1. The Morgan fingerprint density at radius 1 is 1.17 bits per heavy atom. The monoisotopic (exact) mass is 322 g/mol. The van der Waals surface area contributed by atoms with Crippen LogP contribution in [0, 0.1) is 0 Å². The molecule has 1 N–H and O–H groups in total. The standard InChI is InChI=1S/C12H9Cl3O2S/c1-17-9-5-7(13)6(4-8(9)14)12(16)10-2-3-11(15)18-10/h2-5,12,16H,1H3. The second-order valence-corrected chi connectivity index (χ2v) is 6.11. The number of aliphatic hydroxyl groups excluding tert-OH is 1. The zero-order valence-electron chi connectivity index (χ0n) is 9.28. The Kier molecular flexibility index (Phi) is 4.41. The molecule has 2 rings (SSSR count). The highest BCUT2D eigenvalue weighted by molar-refractivity contribution is 7.16. The van der Waals surface area contributed by atoms with Crippen molar-refractivity contribution in [2.45, 2.75) is 6.10 Å². The lowest BCUT2D eigenvalue weighted by Crippen LogP contribution is -1.99. The number of benzene rings is 1. The fraction of sp³-hybridized carbons (Fsp3) is 0.167. The van der Waals surface area contributed by atoms with Gasteiger partial charge in [0, 0.05) is 16.5 Å². The predicted octanol–water partition coefficient (Wildman–Crippen LogP) is 4.80. The van der Waals surface area contributed by atoms with E-state index in [2.05, 4.69) is 0 Å². The van der Waals surface area contributed by atoms with Crippen molar-refractivity contribution in [2.75, 3.05) is 7.11 Å². The molecule has 2 nitrogen and oxygen atoms in total. The summed E-state index contributed by atoms with van der Waals surface area (Å²) in [5, 5.41) is 11.0. The van der Waals surface area contributed by atoms with Crippen molar-refractivity contribution in [3.63, 3.8) is 0 Å². The molecule has 1 aromatic carbocycles. The van der Waals surface area contributed by atoms with Gasteiger partial charge in [-0.15, -0.1) is 11.3 Å². The van der Waals surface area contributed by atoms with Crippen LogP contribution in [0.1, 0.15) is 16.5 Å². The molecule has 1 aromatic heterocycles. The van der Waals surface area contributed by atoms with E-state index in [1.165, 1.54) is 18.4 Å². The van der Waals surface area contributed by atoms with Gasteiger partial charge in [0.1, 0.15) is 11.9 Å². The Bertz CT molecular complexity index is 568. The van der Waals surface area contributed by atoms with Gasteiger partial charge in [-0.3, -0.25) is 0 Å². The fourth-order valence-electron chi connectivity index (χ4n) is 1.54. The van der Waals surface area contributed by atoms with Gasteiger partial charge in [-0.2, -0.15) is 0 Å². The zero-order valence-corrected chi connectivity index (χ0v) is 12.4. The second-order valence-electron chi connectivity index (χ2n) is 3.55. The third-order valence-corrected chi connectivity index (χ3v) is 4.34. The zero-order chi connectivity index (χ0) is 13.3. The largest absolute Gasteiger partial charge is 0.495 e. The minimum Gasteiger partial charge on any atom is -0.495 e. The molecule has 0 saturated heterocycles. The molecular weight excluding hydrogens is 315 g/mol. The molecule has 0 aliphatic heterocycles. The Hall–Kier alpha value is -0.450. The summed E-state index contributed by atoms with van der Waals surface area (Å²) in [5.74, 6) is 0.474. The molecule has 1 heterocycles. The van der Waals surface area contributed by atoms with E-state index in [1.807, 2.05) is 0 Å². The highest BCUT2D eigenvalue weighted by Gasteiger charge is 2.18. The third kappa shape index (κ3) is 2.76. The highest BCUT2D eigenvalue weighted by atomic mass is 35.5. The molecule has 6 heteroatoms. The first-order valence-corrected chi connectivity index (χ1v) is 6.94. The number of rotatable bonds is 3. The van der Waals surface area contributed by atoms with E-state index in [-0.39, 0.29) is 0 Å². The maximum atomic E-state index is 10.2.